The number of pyridine rings is 1. The molecule has 0 fully saturated rings. The number of aliphatic hydroxyl groups is 1. The van der Waals surface area contributed by atoms with E-state index in [1.54, 1.807) is 0 Å². The molecule has 0 bridgehead atoms. The third-order valence-corrected chi connectivity index (χ3v) is 5.26. The second-order valence-corrected chi connectivity index (χ2v) is 7.21. The van der Waals surface area contributed by atoms with Crippen molar-refractivity contribution in [2.45, 2.75) is 31.6 Å². The van der Waals surface area contributed by atoms with Crippen molar-refractivity contribution in [3.8, 4) is 0 Å². The van der Waals surface area contributed by atoms with Crippen molar-refractivity contribution in [3.63, 3.8) is 0 Å². The van der Waals surface area contributed by atoms with Crippen LogP contribution in [-0.2, 0) is 10.0 Å². The predicted octanol–water partition coefficient (Wildman–Crippen LogP) is 1.92. The van der Waals surface area contributed by atoms with Crippen LogP contribution in [0.1, 0.15) is 26.7 Å². The number of rotatable bonds is 7. The molecule has 0 atom stereocenters. The topological polar surface area (TPSA) is 79.3 Å². The lowest BCUT2D eigenvalue weighted by Gasteiger charge is -2.29. The van der Waals surface area contributed by atoms with Crippen molar-refractivity contribution >= 4 is 26.0 Å². The van der Waals surface area contributed by atoms with Crippen LogP contribution in [0.15, 0.2) is 27.8 Å². The van der Waals surface area contributed by atoms with Gasteiger partial charge in [-0.05, 0) is 34.8 Å². The van der Waals surface area contributed by atoms with Crippen LogP contribution in [0.4, 0.5) is 0 Å². The van der Waals surface area contributed by atoms with Crippen molar-refractivity contribution in [1.82, 2.24) is 9.71 Å². The summed E-state index contributed by atoms with van der Waals surface area (Å²) in [6.07, 6.45) is 4.24. The highest BCUT2D eigenvalue weighted by molar-refractivity contribution is 9.10. The maximum atomic E-state index is 12.1. The van der Waals surface area contributed by atoms with Crippen molar-refractivity contribution in [2.75, 3.05) is 13.2 Å². The molecule has 0 amide bonds. The summed E-state index contributed by atoms with van der Waals surface area (Å²) in [4.78, 5) is 3.95. The Bertz CT molecular complexity index is 507. The van der Waals surface area contributed by atoms with Gasteiger partial charge in [-0.25, -0.2) is 13.1 Å². The molecular formula is C12H19BrN2O3S. The van der Waals surface area contributed by atoms with E-state index in [1.165, 1.54) is 18.5 Å². The lowest BCUT2D eigenvalue weighted by molar-refractivity contribution is 0.119. The largest absolute Gasteiger partial charge is 0.396 e. The van der Waals surface area contributed by atoms with Gasteiger partial charge in [-0.15, -0.1) is 0 Å². The Morgan fingerprint density at radius 2 is 2.00 bits per heavy atom. The zero-order chi connectivity index (χ0) is 14.5. The summed E-state index contributed by atoms with van der Waals surface area (Å²) in [6.45, 7) is 4.05. The molecule has 0 aliphatic rings. The highest BCUT2D eigenvalue weighted by Crippen LogP contribution is 2.25. The van der Waals surface area contributed by atoms with E-state index in [9.17, 15) is 13.5 Å². The van der Waals surface area contributed by atoms with E-state index in [0.717, 1.165) is 0 Å². The van der Waals surface area contributed by atoms with E-state index in [1.807, 2.05) is 13.8 Å². The minimum atomic E-state index is -3.60. The average Bonchev–Trinajstić information content (AvgIpc) is 2.41. The fourth-order valence-corrected chi connectivity index (χ4v) is 3.31. The first-order valence-electron chi connectivity index (χ1n) is 6.10. The van der Waals surface area contributed by atoms with E-state index >= 15 is 0 Å². The van der Waals surface area contributed by atoms with Crippen molar-refractivity contribution in [1.29, 1.82) is 0 Å². The third-order valence-electron chi connectivity index (χ3n) is 3.46. The molecule has 0 aliphatic carbocycles. The number of nitrogens with one attached hydrogen (secondary N) is 1. The number of aliphatic hydroxyl groups excluding tert-OH is 1. The average molecular weight is 351 g/mol. The first-order chi connectivity index (χ1) is 8.89. The molecule has 1 rings (SSSR count). The van der Waals surface area contributed by atoms with E-state index in [2.05, 4.69) is 25.6 Å². The predicted molar refractivity (Wildman–Crippen MR) is 77.2 cm³/mol. The van der Waals surface area contributed by atoms with Crippen molar-refractivity contribution in [3.05, 3.63) is 22.9 Å². The minimum Gasteiger partial charge on any atom is -0.396 e. The fourth-order valence-electron chi connectivity index (χ4n) is 1.65. The Hall–Kier alpha value is -0.500. The minimum absolute atomic E-state index is 0.0424. The van der Waals surface area contributed by atoms with Gasteiger partial charge >= 0.3 is 0 Å². The van der Waals surface area contributed by atoms with Crippen LogP contribution in [0, 0.1) is 5.41 Å². The second kappa shape index (κ2) is 6.78. The van der Waals surface area contributed by atoms with Gasteiger partial charge < -0.3 is 5.11 Å². The normalized spacial score (nSPS) is 12.6. The molecule has 0 saturated carbocycles. The molecule has 1 aromatic heterocycles. The SMILES string of the molecule is CCC(CC)(CO)CNS(=O)(=O)c1cncc(Br)c1. The van der Waals surface area contributed by atoms with Gasteiger partial charge in [0.15, 0.2) is 0 Å². The van der Waals surface area contributed by atoms with Crippen molar-refractivity contribution in [2.24, 2.45) is 5.41 Å². The van der Waals surface area contributed by atoms with Gasteiger partial charge in [-0.3, -0.25) is 4.98 Å². The van der Waals surface area contributed by atoms with E-state index in [4.69, 9.17) is 0 Å². The standard InChI is InChI=1S/C12H19BrN2O3S/c1-3-12(4-2,9-16)8-15-19(17,18)11-5-10(13)6-14-7-11/h5-7,15-16H,3-4,8-9H2,1-2H3. The van der Waals surface area contributed by atoms with Crippen LogP contribution in [0.3, 0.4) is 0 Å². The molecule has 1 aromatic rings. The zero-order valence-corrected chi connectivity index (χ0v) is 13.5. The molecule has 108 valence electrons. The van der Waals surface area contributed by atoms with Gasteiger partial charge in [0.05, 0.1) is 0 Å². The van der Waals surface area contributed by atoms with Gasteiger partial charge in [0, 0.05) is 35.4 Å². The summed E-state index contributed by atoms with van der Waals surface area (Å²) in [5.74, 6) is 0. The van der Waals surface area contributed by atoms with Gasteiger partial charge in [0.1, 0.15) is 4.90 Å². The number of aromatic nitrogens is 1. The fraction of sp³-hybridized carbons (Fsp3) is 0.583. The summed E-state index contributed by atoms with van der Waals surface area (Å²) in [5, 5.41) is 9.43. The maximum Gasteiger partial charge on any atom is 0.242 e. The number of hydrogen-bond acceptors (Lipinski definition) is 4. The summed E-state index contributed by atoms with van der Waals surface area (Å²) in [6, 6.07) is 1.49. The maximum absolute atomic E-state index is 12.1. The Kier molecular flexibility index (Phi) is 5.91. The number of hydrogen-bond donors (Lipinski definition) is 2. The van der Waals surface area contributed by atoms with Gasteiger partial charge in [-0.1, -0.05) is 13.8 Å². The molecule has 0 unspecified atom stereocenters. The van der Waals surface area contributed by atoms with Crippen LogP contribution in [0.2, 0.25) is 0 Å². The van der Waals surface area contributed by atoms with Gasteiger partial charge in [-0.2, -0.15) is 0 Å². The Labute approximate surface area is 122 Å². The Morgan fingerprint density at radius 3 is 2.47 bits per heavy atom. The smallest absolute Gasteiger partial charge is 0.242 e. The van der Waals surface area contributed by atoms with Crippen LogP contribution in [0.5, 0.6) is 0 Å². The molecule has 5 nitrogen and oxygen atoms in total. The van der Waals surface area contributed by atoms with Crippen LogP contribution in [0.25, 0.3) is 0 Å². The van der Waals surface area contributed by atoms with E-state index in [0.29, 0.717) is 17.3 Å². The number of sulfonamides is 1. The first-order valence-corrected chi connectivity index (χ1v) is 8.38. The summed E-state index contributed by atoms with van der Waals surface area (Å²) >= 11 is 3.19. The summed E-state index contributed by atoms with van der Waals surface area (Å²) in [5.41, 5.74) is -0.410. The Morgan fingerprint density at radius 1 is 1.37 bits per heavy atom. The third kappa shape index (κ3) is 4.24. The molecule has 0 spiro atoms. The molecule has 0 aromatic carbocycles. The first kappa shape index (κ1) is 16.6. The van der Waals surface area contributed by atoms with Crippen LogP contribution in [-0.4, -0.2) is 31.7 Å². The monoisotopic (exact) mass is 350 g/mol. The molecule has 1 heterocycles. The molecule has 19 heavy (non-hydrogen) atoms. The summed E-state index contributed by atoms with van der Waals surface area (Å²) < 4.78 is 27.4. The molecular weight excluding hydrogens is 332 g/mol. The van der Waals surface area contributed by atoms with E-state index in [-0.39, 0.29) is 18.0 Å². The quantitative estimate of drug-likeness (QED) is 0.787. The molecule has 0 saturated heterocycles. The Balaban J connectivity index is 2.87. The molecule has 0 radical (unpaired) electrons. The number of nitrogens with zero attached hydrogens (tertiary/aromatic N) is 1. The van der Waals surface area contributed by atoms with E-state index < -0.39 is 15.4 Å². The highest BCUT2D eigenvalue weighted by atomic mass is 79.9. The van der Waals surface area contributed by atoms with Gasteiger partial charge in [0.2, 0.25) is 10.0 Å². The second-order valence-electron chi connectivity index (χ2n) is 4.53. The molecule has 2 N–H and O–H groups in total. The van der Waals surface area contributed by atoms with Crippen LogP contribution >= 0.6 is 15.9 Å². The molecule has 7 heteroatoms. The zero-order valence-electron chi connectivity index (χ0n) is 11.1. The molecule has 0 aliphatic heterocycles. The van der Waals surface area contributed by atoms with Gasteiger partial charge in [0.25, 0.3) is 0 Å². The lowest BCUT2D eigenvalue weighted by Crippen LogP contribution is -2.39. The lowest BCUT2D eigenvalue weighted by atomic mass is 9.84. The van der Waals surface area contributed by atoms with Crippen LogP contribution < -0.4 is 4.72 Å². The number of halogens is 1. The highest BCUT2D eigenvalue weighted by Gasteiger charge is 2.27. The van der Waals surface area contributed by atoms with Crippen molar-refractivity contribution < 1.29 is 13.5 Å². The summed E-state index contributed by atoms with van der Waals surface area (Å²) in [7, 11) is -3.60.